The maximum Gasteiger partial charge on any atom is 0.316 e. The Kier molecular flexibility index (Phi) is 4.95. The van der Waals surface area contributed by atoms with E-state index in [1.807, 2.05) is 6.92 Å². The molecule has 0 aliphatic carbocycles. The Labute approximate surface area is 132 Å². The molecule has 114 valence electrons. The van der Waals surface area contributed by atoms with Gasteiger partial charge in [-0.1, -0.05) is 23.7 Å². The maximum absolute atomic E-state index is 12.1. The highest BCUT2D eigenvalue weighted by Gasteiger charge is 2.12. The topological polar surface area (TPSA) is 97.1 Å². The Morgan fingerprint density at radius 3 is 2.50 bits per heavy atom. The largest absolute Gasteiger partial charge is 0.351 e. The molecule has 1 unspecified atom stereocenters. The highest BCUT2D eigenvalue weighted by molar-refractivity contribution is 6.29. The summed E-state index contributed by atoms with van der Waals surface area (Å²) in [6.07, 6.45) is 1.48. The van der Waals surface area contributed by atoms with Gasteiger partial charge in [0, 0.05) is 17.4 Å². The number of nitrogens with zero attached hydrogens (tertiary/aromatic N) is 1. The van der Waals surface area contributed by atoms with Crippen molar-refractivity contribution in [2.75, 3.05) is 5.32 Å². The molecule has 0 spiro atoms. The Bertz CT molecular complexity index is 688. The fourth-order valence-electron chi connectivity index (χ4n) is 1.90. The van der Waals surface area contributed by atoms with Crippen LogP contribution in [0, 0.1) is 0 Å². The highest BCUT2D eigenvalue weighted by atomic mass is 35.5. The summed E-state index contributed by atoms with van der Waals surface area (Å²) in [5.41, 5.74) is 6.97. The average molecular weight is 319 g/mol. The molecule has 6 nitrogen and oxygen atoms in total. The van der Waals surface area contributed by atoms with Crippen molar-refractivity contribution in [2.24, 2.45) is 5.73 Å². The molecule has 0 aliphatic heterocycles. The zero-order valence-corrected chi connectivity index (χ0v) is 12.6. The van der Waals surface area contributed by atoms with Gasteiger partial charge in [0.1, 0.15) is 5.15 Å². The van der Waals surface area contributed by atoms with Crippen LogP contribution in [-0.2, 0) is 0 Å². The van der Waals surface area contributed by atoms with Crippen LogP contribution < -0.4 is 16.4 Å². The molecule has 0 saturated carbocycles. The van der Waals surface area contributed by atoms with Crippen molar-refractivity contribution >= 4 is 29.2 Å². The van der Waals surface area contributed by atoms with E-state index in [0.29, 0.717) is 11.3 Å². The van der Waals surface area contributed by atoms with Gasteiger partial charge in [0.05, 0.1) is 6.04 Å². The molecule has 4 N–H and O–H groups in total. The molecule has 2 aromatic rings. The van der Waals surface area contributed by atoms with Gasteiger partial charge in [0.15, 0.2) is 0 Å². The summed E-state index contributed by atoms with van der Waals surface area (Å²) in [7, 11) is 0. The first-order chi connectivity index (χ1) is 10.5. The van der Waals surface area contributed by atoms with Gasteiger partial charge in [-0.2, -0.15) is 0 Å². The van der Waals surface area contributed by atoms with Crippen LogP contribution in [0.2, 0.25) is 5.15 Å². The molecule has 1 aromatic carbocycles. The quantitative estimate of drug-likeness (QED) is 0.756. The minimum atomic E-state index is -0.622. The number of aromatic nitrogens is 1. The van der Waals surface area contributed by atoms with Crippen LogP contribution in [0.3, 0.4) is 0 Å². The van der Waals surface area contributed by atoms with E-state index < -0.39 is 6.03 Å². The Morgan fingerprint density at radius 1 is 1.23 bits per heavy atom. The lowest BCUT2D eigenvalue weighted by molar-refractivity contribution is 0.0939. The van der Waals surface area contributed by atoms with Crippen LogP contribution in [0.25, 0.3) is 0 Å². The smallest absolute Gasteiger partial charge is 0.316 e. The lowest BCUT2D eigenvalue weighted by Crippen LogP contribution is -2.26. The molecular formula is C15H15ClN4O2. The lowest BCUT2D eigenvalue weighted by Gasteiger charge is -2.15. The minimum Gasteiger partial charge on any atom is -0.351 e. The Balaban J connectivity index is 2.03. The van der Waals surface area contributed by atoms with Gasteiger partial charge in [-0.3, -0.25) is 4.79 Å². The van der Waals surface area contributed by atoms with Crippen molar-refractivity contribution in [2.45, 2.75) is 13.0 Å². The van der Waals surface area contributed by atoms with Crippen molar-refractivity contribution in [3.8, 4) is 0 Å². The number of pyridine rings is 1. The molecule has 22 heavy (non-hydrogen) atoms. The molecule has 1 aromatic heterocycles. The number of benzene rings is 1. The third kappa shape index (κ3) is 4.20. The van der Waals surface area contributed by atoms with Crippen LogP contribution >= 0.6 is 11.6 Å². The summed E-state index contributed by atoms with van der Waals surface area (Å²) in [5, 5.41) is 5.60. The summed E-state index contributed by atoms with van der Waals surface area (Å²) in [5.74, 6) is -0.240. The second-order valence-corrected chi connectivity index (χ2v) is 5.06. The fourth-order valence-corrected chi connectivity index (χ4v) is 2.08. The number of rotatable bonds is 4. The molecule has 0 aliphatic rings. The molecule has 7 heteroatoms. The normalized spacial score (nSPS) is 11.5. The second-order valence-electron chi connectivity index (χ2n) is 4.67. The number of anilines is 1. The van der Waals surface area contributed by atoms with Gasteiger partial charge < -0.3 is 16.4 Å². The van der Waals surface area contributed by atoms with Gasteiger partial charge in [-0.25, -0.2) is 9.78 Å². The van der Waals surface area contributed by atoms with Crippen LogP contribution in [0.15, 0.2) is 42.6 Å². The molecule has 0 fully saturated rings. The van der Waals surface area contributed by atoms with E-state index >= 15 is 0 Å². The minimum absolute atomic E-state index is 0.206. The van der Waals surface area contributed by atoms with Gasteiger partial charge in [-0.05, 0) is 36.8 Å². The SMILES string of the molecule is CC(NC(=O)c1ccnc(Cl)c1)c1ccc(NC(N)=O)cc1. The summed E-state index contributed by atoms with van der Waals surface area (Å²) in [6, 6.07) is 9.30. The zero-order valence-electron chi connectivity index (χ0n) is 11.8. The first kappa shape index (κ1) is 15.8. The first-order valence-electron chi connectivity index (χ1n) is 6.54. The molecule has 3 amide bonds. The molecule has 2 rings (SSSR count). The Hall–Kier alpha value is -2.60. The molecule has 0 bridgehead atoms. The molecule has 0 saturated heterocycles. The second kappa shape index (κ2) is 6.91. The molecule has 0 radical (unpaired) electrons. The Morgan fingerprint density at radius 2 is 1.91 bits per heavy atom. The predicted octanol–water partition coefficient (Wildman–Crippen LogP) is 2.72. The number of urea groups is 1. The van der Waals surface area contributed by atoms with E-state index in [1.165, 1.54) is 12.3 Å². The van der Waals surface area contributed by atoms with E-state index in [4.69, 9.17) is 17.3 Å². The standard InChI is InChI=1S/C15H15ClN4O2/c1-9(10-2-4-12(5-3-10)20-15(17)22)19-14(21)11-6-7-18-13(16)8-11/h2-9H,1H3,(H,19,21)(H3,17,20,22). The van der Waals surface area contributed by atoms with E-state index in [-0.39, 0.29) is 17.1 Å². The van der Waals surface area contributed by atoms with Crippen LogP contribution in [-0.4, -0.2) is 16.9 Å². The van der Waals surface area contributed by atoms with Crippen molar-refractivity contribution in [1.29, 1.82) is 0 Å². The third-order valence-electron chi connectivity index (χ3n) is 3.01. The first-order valence-corrected chi connectivity index (χ1v) is 6.92. The fraction of sp³-hybridized carbons (Fsp3) is 0.133. The van der Waals surface area contributed by atoms with E-state index in [9.17, 15) is 9.59 Å². The number of amides is 3. The van der Waals surface area contributed by atoms with Crippen molar-refractivity contribution in [3.63, 3.8) is 0 Å². The lowest BCUT2D eigenvalue weighted by atomic mass is 10.1. The van der Waals surface area contributed by atoms with Crippen molar-refractivity contribution in [1.82, 2.24) is 10.3 Å². The number of carbonyl (C=O) groups excluding carboxylic acids is 2. The number of halogens is 1. The highest BCUT2D eigenvalue weighted by Crippen LogP contribution is 2.17. The van der Waals surface area contributed by atoms with E-state index in [2.05, 4.69) is 15.6 Å². The molecular weight excluding hydrogens is 304 g/mol. The number of carbonyl (C=O) groups is 2. The predicted molar refractivity (Wildman–Crippen MR) is 84.8 cm³/mol. The molecule has 1 heterocycles. The number of nitrogens with two attached hydrogens (primary N) is 1. The van der Waals surface area contributed by atoms with Gasteiger partial charge in [-0.15, -0.1) is 0 Å². The van der Waals surface area contributed by atoms with E-state index in [0.717, 1.165) is 5.56 Å². The monoisotopic (exact) mass is 318 g/mol. The van der Waals surface area contributed by atoms with E-state index in [1.54, 1.807) is 30.3 Å². The number of nitrogens with one attached hydrogen (secondary N) is 2. The van der Waals surface area contributed by atoms with Crippen LogP contribution in [0.5, 0.6) is 0 Å². The van der Waals surface area contributed by atoms with Crippen molar-refractivity contribution in [3.05, 3.63) is 58.9 Å². The zero-order chi connectivity index (χ0) is 16.1. The summed E-state index contributed by atoms with van der Waals surface area (Å²) in [6.45, 7) is 1.86. The average Bonchev–Trinajstić information content (AvgIpc) is 2.47. The number of hydrogen-bond donors (Lipinski definition) is 3. The van der Waals surface area contributed by atoms with Gasteiger partial charge >= 0.3 is 6.03 Å². The summed E-state index contributed by atoms with van der Waals surface area (Å²) < 4.78 is 0. The summed E-state index contributed by atoms with van der Waals surface area (Å²) >= 11 is 5.77. The maximum atomic E-state index is 12.1. The summed E-state index contributed by atoms with van der Waals surface area (Å²) in [4.78, 5) is 26.7. The third-order valence-corrected chi connectivity index (χ3v) is 3.22. The number of hydrogen-bond acceptors (Lipinski definition) is 3. The van der Waals surface area contributed by atoms with Crippen molar-refractivity contribution < 1.29 is 9.59 Å². The van der Waals surface area contributed by atoms with Crippen LogP contribution in [0.4, 0.5) is 10.5 Å². The molecule has 1 atom stereocenters. The van der Waals surface area contributed by atoms with Gasteiger partial charge in [0.2, 0.25) is 0 Å². The van der Waals surface area contributed by atoms with Gasteiger partial charge in [0.25, 0.3) is 5.91 Å². The number of primary amides is 1. The van der Waals surface area contributed by atoms with Crippen LogP contribution in [0.1, 0.15) is 28.9 Å².